The van der Waals surface area contributed by atoms with Gasteiger partial charge in [-0.2, -0.15) is 0 Å². The summed E-state index contributed by atoms with van der Waals surface area (Å²) in [5.74, 6) is -0.357. The molecular weight excluding hydrogens is 256 g/mol. The number of methoxy groups -OCH3 is 1. The SMILES string of the molecule is COC(=O)CCc1ccccc1C(O)C(O)CCl. The zero-order valence-corrected chi connectivity index (χ0v) is 10.9. The molecule has 0 saturated carbocycles. The van der Waals surface area contributed by atoms with E-state index in [0.717, 1.165) is 5.56 Å². The zero-order chi connectivity index (χ0) is 13.5. The monoisotopic (exact) mass is 272 g/mol. The summed E-state index contributed by atoms with van der Waals surface area (Å²) in [5.41, 5.74) is 1.40. The fraction of sp³-hybridized carbons (Fsp3) is 0.462. The van der Waals surface area contributed by atoms with Gasteiger partial charge in [-0.05, 0) is 17.5 Å². The van der Waals surface area contributed by atoms with Gasteiger partial charge in [-0.1, -0.05) is 24.3 Å². The van der Waals surface area contributed by atoms with E-state index >= 15 is 0 Å². The highest BCUT2D eigenvalue weighted by Gasteiger charge is 2.20. The summed E-state index contributed by atoms with van der Waals surface area (Å²) in [6.45, 7) is 0. The first kappa shape index (κ1) is 15.0. The van der Waals surface area contributed by atoms with E-state index in [1.165, 1.54) is 7.11 Å². The molecule has 0 aliphatic rings. The van der Waals surface area contributed by atoms with Crippen molar-refractivity contribution in [1.82, 2.24) is 0 Å². The molecule has 0 heterocycles. The number of aryl methyl sites for hydroxylation is 1. The van der Waals surface area contributed by atoms with Gasteiger partial charge in [0.05, 0.1) is 19.1 Å². The summed E-state index contributed by atoms with van der Waals surface area (Å²) in [7, 11) is 1.33. The molecule has 0 radical (unpaired) electrons. The van der Waals surface area contributed by atoms with Crippen LogP contribution >= 0.6 is 11.6 Å². The molecule has 18 heavy (non-hydrogen) atoms. The molecule has 100 valence electrons. The Labute approximate surface area is 111 Å². The summed E-state index contributed by atoms with van der Waals surface area (Å²) in [4.78, 5) is 11.1. The molecule has 0 bridgehead atoms. The van der Waals surface area contributed by atoms with Crippen LogP contribution in [-0.2, 0) is 16.0 Å². The van der Waals surface area contributed by atoms with Crippen molar-refractivity contribution in [3.05, 3.63) is 35.4 Å². The molecular formula is C13H17ClO4. The van der Waals surface area contributed by atoms with Crippen LogP contribution in [0, 0.1) is 0 Å². The molecule has 2 N–H and O–H groups in total. The van der Waals surface area contributed by atoms with Gasteiger partial charge < -0.3 is 14.9 Å². The van der Waals surface area contributed by atoms with Crippen LogP contribution < -0.4 is 0 Å². The van der Waals surface area contributed by atoms with Crippen LogP contribution in [0.3, 0.4) is 0 Å². The number of alkyl halides is 1. The number of hydrogen-bond donors (Lipinski definition) is 2. The lowest BCUT2D eigenvalue weighted by atomic mass is 9.96. The fourth-order valence-electron chi connectivity index (χ4n) is 1.68. The summed E-state index contributed by atoms with van der Waals surface area (Å²) in [6.07, 6.45) is -1.38. The second-order valence-electron chi connectivity index (χ2n) is 3.94. The largest absolute Gasteiger partial charge is 0.469 e. The molecule has 2 atom stereocenters. The minimum atomic E-state index is -1.05. The quantitative estimate of drug-likeness (QED) is 0.607. The Balaban J connectivity index is 2.82. The van der Waals surface area contributed by atoms with Crippen molar-refractivity contribution >= 4 is 17.6 Å². The first-order valence-electron chi connectivity index (χ1n) is 5.66. The second kappa shape index (κ2) is 7.36. The van der Waals surface area contributed by atoms with Crippen molar-refractivity contribution in [2.75, 3.05) is 13.0 Å². The Hall–Kier alpha value is -1.10. The van der Waals surface area contributed by atoms with Crippen LogP contribution in [0.5, 0.6) is 0 Å². The van der Waals surface area contributed by atoms with Crippen molar-refractivity contribution in [3.8, 4) is 0 Å². The maximum atomic E-state index is 11.1. The van der Waals surface area contributed by atoms with E-state index in [9.17, 15) is 15.0 Å². The van der Waals surface area contributed by atoms with Gasteiger partial charge in [-0.15, -0.1) is 11.6 Å². The lowest BCUT2D eigenvalue weighted by molar-refractivity contribution is -0.140. The van der Waals surface area contributed by atoms with Gasteiger partial charge in [-0.25, -0.2) is 0 Å². The Bertz CT molecular complexity index is 394. The topological polar surface area (TPSA) is 66.8 Å². The Morgan fingerprint density at radius 1 is 1.39 bits per heavy atom. The number of halogens is 1. The van der Waals surface area contributed by atoms with Crippen molar-refractivity contribution in [3.63, 3.8) is 0 Å². The predicted molar refractivity (Wildman–Crippen MR) is 68.5 cm³/mol. The van der Waals surface area contributed by atoms with E-state index in [-0.39, 0.29) is 18.3 Å². The zero-order valence-electron chi connectivity index (χ0n) is 10.2. The molecule has 0 spiro atoms. The standard InChI is InChI=1S/C13H17ClO4/c1-18-12(16)7-6-9-4-2-3-5-10(9)13(17)11(15)8-14/h2-5,11,13,15,17H,6-8H2,1H3. The van der Waals surface area contributed by atoms with Crippen molar-refractivity contribution < 1.29 is 19.7 Å². The average Bonchev–Trinajstić information content (AvgIpc) is 2.43. The number of carbonyl (C=O) groups is 1. The maximum absolute atomic E-state index is 11.1. The lowest BCUT2D eigenvalue weighted by Gasteiger charge is -2.19. The third kappa shape index (κ3) is 3.98. The van der Waals surface area contributed by atoms with Crippen LogP contribution in [0.2, 0.25) is 0 Å². The van der Waals surface area contributed by atoms with E-state index in [4.69, 9.17) is 11.6 Å². The minimum absolute atomic E-state index is 0.0491. The minimum Gasteiger partial charge on any atom is -0.469 e. The van der Waals surface area contributed by atoms with E-state index in [2.05, 4.69) is 4.74 Å². The number of rotatable bonds is 6. The number of esters is 1. The summed E-state index contributed by atoms with van der Waals surface area (Å²) in [5, 5.41) is 19.5. The number of ether oxygens (including phenoxy) is 1. The average molecular weight is 273 g/mol. The molecule has 1 aromatic carbocycles. The van der Waals surface area contributed by atoms with E-state index < -0.39 is 12.2 Å². The summed E-state index contributed by atoms with van der Waals surface area (Å²) >= 11 is 5.51. The van der Waals surface area contributed by atoms with Crippen molar-refractivity contribution in [2.45, 2.75) is 25.0 Å². The fourth-order valence-corrected chi connectivity index (χ4v) is 1.85. The van der Waals surface area contributed by atoms with Gasteiger partial charge in [0.1, 0.15) is 6.10 Å². The third-order valence-corrected chi connectivity index (χ3v) is 3.04. The summed E-state index contributed by atoms with van der Waals surface area (Å²) in [6, 6.07) is 7.10. The molecule has 0 saturated heterocycles. The van der Waals surface area contributed by atoms with E-state index in [0.29, 0.717) is 12.0 Å². The van der Waals surface area contributed by atoms with Gasteiger partial charge >= 0.3 is 5.97 Å². The molecule has 4 nitrogen and oxygen atoms in total. The van der Waals surface area contributed by atoms with Crippen molar-refractivity contribution in [2.24, 2.45) is 0 Å². The highest BCUT2D eigenvalue weighted by molar-refractivity contribution is 6.18. The van der Waals surface area contributed by atoms with E-state index in [1.54, 1.807) is 12.1 Å². The first-order chi connectivity index (χ1) is 8.60. The number of hydrogen-bond acceptors (Lipinski definition) is 4. The Morgan fingerprint density at radius 2 is 2.06 bits per heavy atom. The number of aliphatic hydroxyl groups excluding tert-OH is 2. The number of benzene rings is 1. The highest BCUT2D eigenvalue weighted by Crippen LogP contribution is 2.23. The molecule has 0 amide bonds. The molecule has 1 rings (SSSR count). The van der Waals surface area contributed by atoms with Crippen LogP contribution in [0.4, 0.5) is 0 Å². The second-order valence-corrected chi connectivity index (χ2v) is 4.25. The normalized spacial score (nSPS) is 14.0. The maximum Gasteiger partial charge on any atom is 0.305 e. The highest BCUT2D eigenvalue weighted by atomic mass is 35.5. The van der Waals surface area contributed by atoms with Gasteiger partial charge in [0.25, 0.3) is 0 Å². The molecule has 1 aromatic rings. The molecule has 0 aliphatic carbocycles. The molecule has 0 aromatic heterocycles. The smallest absolute Gasteiger partial charge is 0.305 e. The molecule has 0 fully saturated rings. The first-order valence-corrected chi connectivity index (χ1v) is 6.20. The van der Waals surface area contributed by atoms with Gasteiger partial charge in [0.2, 0.25) is 0 Å². The Morgan fingerprint density at radius 3 is 2.67 bits per heavy atom. The van der Waals surface area contributed by atoms with Gasteiger partial charge in [-0.3, -0.25) is 4.79 Å². The molecule has 2 unspecified atom stereocenters. The van der Waals surface area contributed by atoms with Crippen LogP contribution in [0.1, 0.15) is 23.7 Å². The van der Waals surface area contributed by atoms with Gasteiger partial charge in [0.15, 0.2) is 0 Å². The summed E-state index contributed by atoms with van der Waals surface area (Å²) < 4.78 is 4.57. The number of aliphatic hydroxyl groups is 2. The van der Waals surface area contributed by atoms with Crippen LogP contribution in [-0.4, -0.2) is 35.3 Å². The predicted octanol–water partition coefficient (Wildman–Crippen LogP) is 1.43. The third-order valence-electron chi connectivity index (χ3n) is 2.72. The van der Waals surface area contributed by atoms with E-state index in [1.807, 2.05) is 12.1 Å². The molecule has 0 aliphatic heterocycles. The van der Waals surface area contributed by atoms with Crippen molar-refractivity contribution in [1.29, 1.82) is 0 Å². The van der Waals surface area contributed by atoms with Crippen LogP contribution in [0.25, 0.3) is 0 Å². The molecule has 5 heteroatoms. The Kier molecular flexibility index (Phi) is 6.12. The lowest BCUT2D eigenvalue weighted by Crippen LogP contribution is -2.21. The van der Waals surface area contributed by atoms with Gasteiger partial charge in [0, 0.05) is 6.42 Å². The van der Waals surface area contributed by atoms with Crippen LogP contribution in [0.15, 0.2) is 24.3 Å². The number of carbonyl (C=O) groups excluding carboxylic acids is 1.